The van der Waals surface area contributed by atoms with Gasteiger partial charge in [0.15, 0.2) is 0 Å². The van der Waals surface area contributed by atoms with Crippen LogP contribution in [0.5, 0.6) is 0 Å². The molecule has 3 nitrogen and oxygen atoms in total. The lowest BCUT2D eigenvalue weighted by Gasteiger charge is -2.32. The van der Waals surface area contributed by atoms with Crippen LogP contribution in [0, 0.1) is 17.3 Å². The van der Waals surface area contributed by atoms with Crippen LogP contribution in [0.4, 0.5) is 13.2 Å². The number of carbonyl (C=O) groups is 1. The highest BCUT2D eigenvalue weighted by Gasteiger charge is 2.45. The van der Waals surface area contributed by atoms with Crippen LogP contribution in [0.1, 0.15) is 39.0 Å². The maximum atomic E-state index is 12.8. The zero-order valence-electron chi connectivity index (χ0n) is 12.3. The molecule has 0 radical (unpaired) electrons. The number of carbonyl (C=O) groups excluding carboxylic acids is 1. The Morgan fingerprint density at radius 1 is 1.38 bits per heavy atom. The first-order valence-corrected chi connectivity index (χ1v) is 7.31. The van der Waals surface area contributed by atoms with E-state index in [2.05, 4.69) is 0 Å². The molecule has 3 atom stereocenters. The summed E-state index contributed by atoms with van der Waals surface area (Å²) in [6.07, 6.45) is -2.14. The minimum absolute atomic E-state index is 0. The number of alkyl halides is 3. The Bertz CT molecular complexity index is 378. The van der Waals surface area contributed by atoms with Crippen LogP contribution in [-0.4, -0.2) is 36.6 Å². The highest BCUT2D eigenvalue weighted by atomic mass is 35.5. The maximum absolute atomic E-state index is 12.8. The van der Waals surface area contributed by atoms with E-state index in [0.29, 0.717) is 32.5 Å². The SMILES string of the molecule is CC1(CN)CCN(C(=O)C2CCCC(C(F)(F)F)C2)C1.Cl. The van der Waals surface area contributed by atoms with E-state index in [1.807, 2.05) is 6.92 Å². The molecule has 0 aromatic heterocycles. The summed E-state index contributed by atoms with van der Waals surface area (Å²) in [7, 11) is 0. The monoisotopic (exact) mass is 328 g/mol. The van der Waals surface area contributed by atoms with Crippen LogP contribution < -0.4 is 5.73 Å². The molecule has 2 aliphatic rings. The quantitative estimate of drug-likeness (QED) is 0.847. The highest BCUT2D eigenvalue weighted by molar-refractivity contribution is 5.85. The number of halogens is 4. The van der Waals surface area contributed by atoms with Gasteiger partial charge in [0.05, 0.1) is 5.92 Å². The molecule has 1 saturated carbocycles. The summed E-state index contributed by atoms with van der Waals surface area (Å²) in [5.41, 5.74) is 5.63. The van der Waals surface area contributed by atoms with Crippen molar-refractivity contribution in [2.45, 2.75) is 45.2 Å². The molecular formula is C14H24ClF3N2O. The number of rotatable bonds is 2. The first-order valence-electron chi connectivity index (χ1n) is 7.31. The smallest absolute Gasteiger partial charge is 0.342 e. The van der Waals surface area contributed by atoms with Crippen LogP contribution in [0.2, 0.25) is 0 Å². The Morgan fingerprint density at radius 2 is 2.05 bits per heavy atom. The Balaban J connectivity index is 0.00000220. The van der Waals surface area contributed by atoms with Crippen molar-refractivity contribution < 1.29 is 18.0 Å². The van der Waals surface area contributed by atoms with Gasteiger partial charge in [0.2, 0.25) is 5.91 Å². The Labute approximate surface area is 129 Å². The van der Waals surface area contributed by atoms with E-state index in [0.717, 1.165) is 6.42 Å². The Kier molecular flexibility index (Phi) is 5.95. The van der Waals surface area contributed by atoms with Crippen molar-refractivity contribution in [3.8, 4) is 0 Å². The van der Waals surface area contributed by atoms with Crippen molar-refractivity contribution in [3.63, 3.8) is 0 Å². The number of hydrogen-bond donors (Lipinski definition) is 1. The number of amides is 1. The average Bonchev–Trinajstić information content (AvgIpc) is 2.80. The van der Waals surface area contributed by atoms with Crippen LogP contribution >= 0.6 is 12.4 Å². The van der Waals surface area contributed by atoms with Gasteiger partial charge in [-0.2, -0.15) is 13.2 Å². The van der Waals surface area contributed by atoms with Gasteiger partial charge in [0, 0.05) is 19.0 Å². The molecule has 0 aromatic rings. The van der Waals surface area contributed by atoms with Gasteiger partial charge in [-0.25, -0.2) is 0 Å². The predicted molar refractivity (Wildman–Crippen MR) is 77.1 cm³/mol. The molecular weight excluding hydrogens is 305 g/mol. The summed E-state index contributed by atoms with van der Waals surface area (Å²) in [6.45, 7) is 3.74. The van der Waals surface area contributed by atoms with Crippen LogP contribution in [-0.2, 0) is 4.79 Å². The third-order valence-electron chi connectivity index (χ3n) is 4.85. The maximum Gasteiger partial charge on any atom is 0.391 e. The second-order valence-corrected chi connectivity index (χ2v) is 6.63. The molecule has 7 heteroatoms. The van der Waals surface area contributed by atoms with E-state index in [4.69, 9.17) is 5.73 Å². The zero-order valence-corrected chi connectivity index (χ0v) is 13.1. The number of nitrogens with zero attached hydrogens (tertiary/aromatic N) is 1. The summed E-state index contributed by atoms with van der Waals surface area (Å²) in [4.78, 5) is 14.1. The second kappa shape index (κ2) is 6.73. The lowest BCUT2D eigenvalue weighted by atomic mass is 9.80. The largest absolute Gasteiger partial charge is 0.391 e. The van der Waals surface area contributed by atoms with Crippen molar-refractivity contribution in [1.29, 1.82) is 0 Å². The van der Waals surface area contributed by atoms with Crippen molar-refractivity contribution in [1.82, 2.24) is 4.90 Å². The van der Waals surface area contributed by atoms with Crippen molar-refractivity contribution in [2.24, 2.45) is 23.0 Å². The standard InChI is InChI=1S/C14H23F3N2O.ClH/c1-13(8-18)5-6-19(9-13)12(20)10-3-2-4-11(7-10)14(15,16)17;/h10-11H,2-9,18H2,1H3;1H. The molecule has 3 unspecified atom stereocenters. The highest BCUT2D eigenvalue weighted by Crippen LogP contribution is 2.41. The molecule has 0 spiro atoms. The fourth-order valence-corrected chi connectivity index (χ4v) is 3.35. The van der Waals surface area contributed by atoms with Gasteiger partial charge in [-0.15, -0.1) is 12.4 Å². The molecule has 1 amide bonds. The molecule has 2 rings (SSSR count). The average molecular weight is 329 g/mol. The van der Waals surface area contributed by atoms with Crippen molar-refractivity contribution in [3.05, 3.63) is 0 Å². The summed E-state index contributed by atoms with van der Waals surface area (Å²) in [6, 6.07) is 0. The Morgan fingerprint density at radius 3 is 2.57 bits per heavy atom. The van der Waals surface area contributed by atoms with E-state index in [-0.39, 0.29) is 36.6 Å². The molecule has 0 bridgehead atoms. The molecule has 21 heavy (non-hydrogen) atoms. The lowest BCUT2D eigenvalue weighted by Crippen LogP contribution is -2.40. The lowest BCUT2D eigenvalue weighted by molar-refractivity contribution is -0.187. The van der Waals surface area contributed by atoms with Gasteiger partial charge < -0.3 is 10.6 Å². The van der Waals surface area contributed by atoms with Crippen molar-refractivity contribution in [2.75, 3.05) is 19.6 Å². The minimum Gasteiger partial charge on any atom is -0.342 e. The van der Waals surface area contributed by atoms with Gasteiger partial charge in [-0.3, -0.25) is 4.79 Å². The van der Waals surface area contributed by atoms with Crippen LogP contribution in [0.25, 0.3) is 0 Å². The fraction of sp³-hybridized carbons (Fsp3) is 0.929. The third-order valence-corrected chi connectivity index (χ3v) is 4.85. The summed E-state index contributed by atoms with van der Waals surface area (Å²) in [5, 5.41) is 0. The second-order valence-electron chi connectivity index (χ2n) is 6.63. The first-order chi connectivity index (χ1) is 9.25. The third kappa shape index (κ3) is 4.25. The number of likely N-dealkylation sites (tertiary alicyclic amines) is 1. The predicted octanol–water partition coefficient (Wildman–Crippen LogP) is 2.97. The first kappa shape index (κ1) is 18.6. The van der Waals surface area contributed by atoms with E-state index in [1.165, 1.54) is 0 Å². The molecule has 1 saturated heterocycles. The summed E-state index contributed by atoms with van der Waals surface area (Å²) in [5.74, 6) is -1.87. The fourth-order valence-electron chi connectivity index (χ4n) is 3.35. The van der Waals surface area contributed by atoms with Crippen molar-refractivity contribution >= 4 is 18.3 Å². The van der Waals surface area contributed by atoms with E-state index in [1.54, 1.807) is 4.90 Å². The topological polar surface area (TPSA) is 46.3 Å². The summed E-state index contributed by atoms with van der Waals surface area (Å²) >= 11 is 0. The molecule has 2 fully saturated rings. The van der Waals surface area contributed by atoms with E-state index >= 15 is 0 Å². The molecule has 1 heterocycles. The van der Waals surface area contributed by atoms with E-state index in [9.17, 15) is 18.0 Å². The molecule has 1 aliphatic heterocycles. The van der Waals surface area contributed by atoms with Crippen LogP contribution in [0.3, 0.4) is 0 Å². The van der Waals surface area contributed by atoms with Gasteiger partial charge >= 0.3 is 6.18 Å². The van der Waals surface area contributed by atoms with Gasteiger partial charge in [-0.1, -0.05) is 13.3 Å². The Hall–Kier alpha value is -0.490. The molecule has 2 N–H and O–H groups in total. The number of nitrogens with two attached hydrogens (primary N) is 1. The van der Waals surface area contributed by atoms with Gasteiger partial charge in [0.1, 0.15) is 0 Å². The molecule has 0 aromatic carbocycles. The normalized spacial score (nSPS) is 33.7. The minimum atomic E-state index is -4.17. The van der Waals surface area contributed by atoms with E-state index < -0.39 is 18.0 Å². The van der Waals surface area contributed by atoms with Gasteiger partial charge in [-0.05, 0) is 37.6 Å². The zero-order chi connectivity index (χ0) is 15.0. The van der Waals surface area contributed by atoms with Crippen LogP contribution in [0.15, 0.2) is 0 Å². The number of hydrogen-bond acceptors (Lipinski definition) is 2. The van der Waals surface area contributed by atoms with Gasteiger partial charge in [0.25, 0.3) is 0 Å². The molecule has 1 aliphatic carbocycles. The summed E-state index contributed by atoms with van der Waals surface area (Å²) < 4.78 is 38.4. The molecule has 124 valence electrons.